The Hall–Kier alpha value is -1.99. The Labute approximate surface area is 158 Å². The molecule has 0 aliphatic carbocycles. The second kappa shape index (κ2) is 7.27. The van der Waals surface area contributed by atoms with E-state index in [9.17, 15) is 5.26 Å². The van der Waals surface area contributed by atoms with E-state index in [2.05, 4.69) is 22.0 Å². The van der Waals surface area contributed by atoms with E-state index in [0.29, 0.717) is 27.1 Å². The molecule has 2 aromatic carbocycles. The van der Waals surface area contributed by atoms with Crippen LogP contribution < -0.4 is 0 Å². The topological polar surface area (TPSA) is 36.9 Å². The molecule has 0 N–H and O–H groups in total. The van der Waals surface area contributed by atoms with Gasteiger partial charge < -0.3 is 4.42 Å². The first-order valence-electron chi connectivity index (χ1n) is 7.00. The molecule has 0 radical (unpaired) electrons. The molecule has 0 unspecified atom stereocenters. The fourth-order valence-corrected chi connectivity index (χ4v) is 2.75. The van der Waals surface area contributed by atoms with Crippen LogP contribution in [0.3, 0.4) is 0 Å². The molecular formula is C19H10BrCl2NO. The van der Waals surface area contributed by atoms with Crippen molar-refractivity contribution in [3.05, 3.63) is 80.4 Å². The minimum absolute atomic E-state index is 0.468. The molecule has 1 aromatic heterocycles. The molecule has 0 bridgehead atoms. The van der Waals surface area contributed by atoms with Crippen molar-refractivity contribution < 1.29 is 4.42 Å². The van der Waals surface area contributed by atoms with Gasteiger partial charge in [0.05, 0.1) is 21.7 Å². The maximum absolute atomic E-state index is 9.40. The minimum atomic E-state index is 0.468. The first-order valence-corrected chi connectivity index (χ1v) is 8.55. The maximum atomic E-state index is 9.40. The zero-order valence-electron chi connectivity index (χ0n) is 12.3. The highest BCUT2D eigenvalue weighted by Crippen LogP contribution is 2.30. The maximum Gasteiger partial charge on any atom is 0.134 e. The van der Waals surface area contributed by atoms with E-state index in [0.717, 1.165) is 15.6 Å². The summed E-state index contributed by atoms with van der Waals surface area (Å²) in [6.07, 6.45) is 1.71. The lowest BCUT2D eigenvalue weighted by Crippen LogP contribution is -1.80. The Balaban J connectivity index is 1.93. The number of rotatable bonds is 3. The van der Waals surface area contributed by atoms with Gasteiger partial charge in [-0.05, 0) is 54.1 Å². The highest BCUT2D eigenvalue weighted by molar-refractivity contribution is 9.10. The number of nitrogens with zero attached hydrogens (tertiary/aromatic N) is 1. The molecule has 0 spiro atoms. The van der Waals surface area contributed by atoms with Crippen LogP contribution in [0.15, 0.2) is 63.5 Å². The van der Waals surface area contributed by atoms with Gasteiger partial charge in [-0.2, -0.15) is 5.26 Å². The van der Waals surface area contributed by atoms with E-state index in [1.807, 2.05) is 42.5 Å². The number of benzene rings is 2. The predicted octanol–water partition coefficient (Wildman–Crippen LogP) is 7.08. The van der Waals surface area contributed by atoms with Crippen molar-refractivity contribution >= 4 is 50.8 Å². The number of furan rings is 1. The smallest absolute Gasteiger partial charge is 0.134 e. The van der Waals surface area contributed by atoms with E-state index in [1.54, 1.807) is 18.2 Å². The van der Waals surface area contributed by atoms with Crippen LogP contribution in [-0.4, -0.2) is 0 Å². The van der Waals surface area contributed by atoms with Gasteiger partial charge in [0.25, 0.3) is 0 Å². The molecule has 5 heteroatoms. The largest absolute Gasteiger partial charge is 0.457 e. The van der Waals surface area contributed by atoms with Gasteiger partial charge in [0.1, 0.15) is 11.5 Å². The Morgan fingerprint density at radius 1 is 1.00 bits per heavy atom. The highest BCUT2D eigenvalue weighted by Gasteiger charge is 2.08. The molecule has 3 aromatic rings. The monoisotopic (exact) mass is 417 g/mol. The first kappa shape index (κ1) is 16.9. The molecular weight excluding hydrogens is 409 g/mol. The Morgan fingerprint density at radius 3 is 2.42 bits per heavy atom. The normalized spacial score (nSPS) is 11.3. The fourth-order valence-electron chi connectivity index (χ4n) is 2.19. The van der Waals surface area contributed by atoms with Crippen LogP contribution in [0.1, 0.15) is 11.3 Å². The zero-order valence-corrected chi connectivity index (χ0v) is 15.4. The Bertz CT molecular complexity index is 952. The SMILES string of the molecule is N#C/C(=C/c1ccc(-c2ccc(Cl)c(Cl)c2)o1)c1ccc(Br)cc1. The van der Waals surface area contributed by atoms with Crippen molar-refractivity contribution in [3.63, 3.8) is 0 Å². The van der Waals surface area contributed by atoms with Crippen molar-refractivity contribution in [2.75, 3.05) is 0 Å². The van der Waals surface area contributed by atoms with Crippen LogP contribution in [0.25, 0.3) is 23.0 Å². The summed E-state index contributed by atoms with van der Waals surface area (Å²) in [7, 11) is 0. The molecule has 0 saturated heterocycles. The molecule has 0 aliphatic rings. The molecule has 0 atom stereocenters. The predicted molar refractivity (Wildman–Crippen MR) is 102 cm³/mol. The molecule has 3 rings (SSSR count). The number of hydrogen-bond donors (Lipinski definition) is 0. The summed E-state index contributed by atoms with van der Waals surface area (Å²) in [4.78, 5) is 0. The third-order valence-electron chi connectivity index (χ3n) is 3.39. The summed E-state index contributed by atoms with van der Waals surface area (Å²) in [5.74, 6) is 1.25. The quantitative estimate of drug-likeness (QED) is 0.426. The van der Waals surface area contributed by atoms with Crippen molar-refractivity contribution in [3.8, 4) is 17.4 Å². The zero-order chi connectivity index (χ0) is 17.1. The number of halogens is 3. The van der Waals surface area contributed by atoms with Crippen LogP contribution in [0.4, 0.5) is 0 Å². The van der Waals surface area contributed by atoms with Crippen molar-refractivity contribution in [2.45, 2.75) is 0 Å². The molecule has 24 heavy (non-hydrogen) atoms. The summed E-state index contributed by atoms with van der Waals surface area (Å²) >= 11 is 15.3. The molecule has 0 amide bonds. The molecule has 0 saturated carbocycles. The lowest BCUT2D eigenvalue weighted by Gasteiger charge is -2.00. The summed E-state index contributed by atoms with van der Waals surface area (Å²) in [5.41, 5.74) is 2.18. The summed E-state index contributed by atoms with van der Waals surface area (Å²) in [5, 5.41) is 10.4. The van der Waals surface area contributed by atoms with E-state index in [-0.39, 0.29) is 0 Å². The Kier molecular flexibility index (Phi) is 5.11. The van der Waals surface area contributed by atoms with Gasteiger partial charge in [0, 0.05) is 10.0 Å². The second-order valence-corrected chi connectivity index (χ2v) is 6.74. The number of hydrogen-bond acceptors (Lipinski definition) is 2. The van der Waals surface area contributed by atoms with Gasteiger partial charge in [-0.1, -0.05) is 51.3 Å². The average molecular weight is 419 g/mol. The van der Waals surface area contributed by atoms with Crippen LogP contribution in [-0.2, 0) is 0 Å². The van der Waals surface area contributed by atoms with E-state index in [1.165, 1.54) is 0 Å². The van der Waals surface area contributed by atoms with Crippen LogP contribution in [0, 0.1) is 11.3 Å². The molecule has 2 nitrogen and oxygen atoms in total. The standard InChI is InChI=1S/C19H10BrCl2NO/c20-15-4-1-12(2-5-15)14(11-23)9-16-6-8-19(24-16)13-3-7-17(21)18(22)10-13/h1-10H/b14-9-. The fraction of sp³-hybridized carbons (Fsp3) is 0. The average Bonchev–Trinajstić information content (AvgIpc) is 3.05. The van der Waals surface area contributed by atoms with Gasteiger partial charge in [0.15, 0.2) is 0 Å². The molecule has 118 valence electrons. The summed E-state index contributed by atoms with van der Waals surface area (Å²) in [6.45, 7) is 0. The van der Waals surface area contributed by atoms with Crippen molar-refractivity contribution in [1.29, 1.82) is 5.26 Å². The number of allylic oxidation sites excluding steroid dienone is 1. The van der Waals surface area contributed by atoms with Gasteiger partial charge in [-0.25, -0.2) is 0 Å². The van der Waals surface area contributed by atoms with Gasteiger partial charge in [-0.15, -0.1) is 0 Å². The highest BCUT2D eigenvalue weighted by atomic mass is 79.9. The van der Waals surface area contributed by atoms with Gasteiger partial charge in [-0.3, -0.25) is 0 Å². The molecule has 1 heterocycles. The summed E-state index contributed by atoms with van der Waals surface area (Å²) in [6, 6.07) is 18.7. The van der Waals surface area contributed by atoms with E-state index in [4.69, 9.17) is 27.6 Å². The lowest BCUT2D eigenvalue weighted by molar-refractivity contribution is 0.572. The van der Waals surface area contributed by atoms with Crippen molar-refractivity contribution in [1.82, 2.24) is 0 Å². The van der Waals surface area contributed by atoms with Crippen LogP contribution >= 0.6 is 39.1 Å². The van der Waals surface area contributed by atoms with Crippen LogP contribution in [0.5, 0.6) is 0 Å². The van der Waals surface area contributed by atoms with Gasteiger partial charge >= 0.3 is 0 Å². The third-order valence-corrected chi connectivity index (χ3v) is 4.66. The second-order valence-electron chi connectivity index (χ2n) is 5.01. The summed E-state index contributed by atoms with van der Waals surface area (Å²) < 4.78 is 6.77. The molecule has 0 aliphatic heterocycles. The number of nitriles is 1. The Morgan fingerprint density at radius 2 is 1.75 bits per heavy atom. The van der Waals surface area contributed by atoms with E-state index < -0.39 is 0 Å². The lowest BCUT2D eigenvalue weighted by atomic mass is 10.1. The third kappa shape index (κ3) is 3.73. The van der Waals surface area contributed by atoms with Crippen molar-refractivity contribution in [2.24, 2.45) is 0 Å². The van der Waals surface area contributed by atoms with Crippen LogP contribution in [0.2, 0.25) is 10.0 Å². The van der Waals surface area contributed by atoms with Gasteiger partial charge in [0.2, 0.25) is 0 Å². The minimum Gasteiger partial charge on any atom is -0.457 e. The molecule has 0 fully saturated rings. The first-order chi connectivity index (χ1) is 11.6. The van der Waals surface area contributed by atoms with E-state index >= 15 is 0 Å².